The van der Waals surface area contributed by atoms with Gasteiger partial charge in [-0.1, -0.05) is 15.9 Å². The predicted molar refractivity (Wildman–Crippen MR) is 92.1 cm³/mol. The van der Waals surface area contributed by atoms with Crippen LogP contribution in [0.3, 0.4) is 0 Å². The first-order chi connectivity index (χ1) is 10.2. The molecule has 0 unspecified atom stereocenters. The smallest absolute Gasteiger partial charge is 0.0992 e. The van der Waals surface area contributed by atoms with Crippen molar-refractivity contribution in [1.82, 2.24) is 0 Å². The molecule has 3 nitrogen and oxygen atoms in total. The molecule has 0 aliphatic rings. The zero-order valence-corrected chi connectivity index (χ0v) is 13.8. The summed E-state index contributed by atoms with van der Waals surface area (Å²) < 4.78 is 0.892. The van der Waals surface area contributed by atoms with Crippen LogP contribution in [-0.4, -0.2) is 13.1 Å². The molecule has 0 heterocycles. The highest BCUT2D eigenvalue weighted by Crippen LogP contribution is 2.24. The van der Waals surface area contributed by atoms with Crippen LogP contribution in [0.15, 0.2) is 46.9 Å². The molecule has 0 aliphatic heterocycles. The van der Waals surface area contributed by atoms with Crippen molar-refractivity contribution in [3.8, 4) is 6.07 Å². The van der Waals surface area contributed by atoms with E-state index in [1.165, 1.54) is 5.69 Å². The van der Waals surface area contributed by atoms with Crippen LogP contribution in [0.25, 0.3) is 0 Å². The largest absolute Gasteiger partial charge is 0.372 e. The third-order valence-electron chi connectivity index (χ3n) is 3.31. The molecule has 4 heteroatoms. The molecule has 2 rings (SSSR count). The predicted octanol–water partition coefficient (Wildman–Crippen LogP) is 4.91. The van der Waals surface area contributed by atoms with Gasteiger partial charge in [0.2, 0.25) is 0 Å². The number of halogens is 1. The van der Waals surface area contributed by atoms with Gasteiger partial charge in [0, 0.05) is 34.6 Å². The molecule has 1 N–H and O–H groups in total. The van der Waals surface area contributed by atoms with E-state index < -0.39 is 0 Å². The van der Waals surface area contributed by atoms with E-state index in [1.807, 2.05) is 12.1 Å². The quantitative estimate of drug-likeness (QED) is 0.838. The van der Waals surface area contributed by atoms with Gasteiger partial charge < -0.3 is 10.2 Å². The molecular formula is C17H18BrN3. The molecule has 0 radical (unpaired) electrons. The Labute approximate surface area is 134 Å². The number of anilines is 3. The standard InChI is InChI=1S/C17H18BrN3/c1-3-21(4-2)17-7-5-15(6-8-17)20-16-10-13(12-19)9-14(18)11-16/h5-11,20H,3-4H2,1-2H3. The van der Waals surface area contributed by atoms with Crippen molar-refractivity contribution in [2.24, 2.45) is 0 Å². The minimum atomic E-state index is 0.631. The molecule has 108 valence electrons. The highest BCUT2D eigenvalue weighted by atomic mass is 79.9. The van der Waals surface area contributed by atoms with Gasteiger partial charge in [0.25, 0.3) is 0 Å². The van der Waals surface area contributed by atoms with Crippen molar-refractivity contribution in [3.63, 3.8) is 0 Å². The lowest BCUT2D eigenvalue weighted by molar-refractivity contribution is 0.866. The lowest BCUT2D eigenvalue weighted by Gasteiger charge is -2.21. The van der Waals surface area contributed by atoms with Crippen molar-refractivity contribution in [2.75, 3.05) is 23.3 Å². The molecule has 0 bridgehead atoms. The fourth-order valence-electron chi connectivity index (χ4n) is 2.24. The molecule has 0 aromatic heterocycles. The topological polar surface area (TPSA) is 39.1 Å². The molecular weight excluding hydrogens is 326 g/mol. The molecule has 0 spiro atoms. The average Bonchev–Trinajstić information content (AvgIpc) is 2.49. The van der Waals surface area contributed by atoms with Crippen LogP contribution in [0.1, 0.15) is 19.4 Å². The summed E-state index contributed by atoms with van der Waals surface area (Å²) in [6.07, 6.45) is 0. The molecule has 0 aliphatic carbocycles. The number of nitrogens with zero attached hydrogens (tertiary/aromatic N) is 2. The van der Waals surface area contributed by atoms with Crippen molar-refractivity contribution >= 4 is 33.0 Å². The summed E-state index contributed by atoms with van der Waals surface area (Å²) in [5.41, 5.74) is 3.76. The van der Waals surface area contributed by atoms with Crippen molar-refractivity contribution < 1.29 is 0 Å². The van der Waals surface area contributed by atoms with E-state index in [0.717, 1.165) is 28.9 Å². The van der Waals surface area contributed by atoms with Crippen LogP contribution in [-0.2, 0) is 0 Å². The summed E-state index contributed by atoms with van der Waals surface area (Å²) in [4.78, 5) is 2.30. The van der Waals surface area contributed by atoms with E-state index in [2.05, 4.69) is 70.3 Å². The van der Waals surface area contributed by atoms with Crippen LogP contribution in [0, 0.1) is 11.3 Å². The third-order valence-corrected chi connectivity index (χ3v) is 3.77. The van der Waals surface area contributed by atoms with E-state index in [-0.39, 0.29) is 0 Å². The molecule has 0 fully saturated rings. The molecule has 0 atom stereocenters. The Hall–Kier alpha value is -1.99. The fraction of sp³-hybridized carbons (Fsp3) is 0.235. The van der Waals surface area contributed by atoms with Gasteiger partial charge in [0.15, 0.2) is 0 Å². The van der Waals surface area contributed by atoms with E-state index in [9.17, 15) is 0 Å². The third kappa shape index (κ3) is 3.99. The van der Waals surface area contributed by atoms with Crippen LogP contribution in [0.2, 0.25) is 0 Å². The van der Waals surface area contributed by atoms with Gasteiger partial charge in [-0.3, -0.25) is 0 Å². The fourth-order valence-corrected chi connectivity index (χ4v) is 2.73. The Kier molecular flexibility index (Phi) is 5.24. The highest BCUT2D eigenvalue weighted by Gasteiger charge is 2.03. The van der Waals surface area contributed by atoms with Gasteiger partial charge >= 0.3 is 0 Å². The van der Waals surface area contributed by atoms with Crippen molar-refractivity contribution in [2.45, 2.75) is 13.8 Å². The lowest BCUT2D eigenvalue weighted by Crippen LogP contribution is -2.21. The van der Waals surface area contributed by atoms with Crippen LogP contribution >= 0.6 is 15.9 Å². The second-order valence-corrected chi connectivity index (χ2v) is 5.60. The van der Waals surface area contributed by atoms with E-state index in [1.54, 1.807) is 6.07 Å². The average molecular weight is 344 g/mol. The maximum absolute atomic E-state index is 9.00. The Morgan fingerprint density at radius 1 is 1.05 bits per heavy atom. The Bertz CT molecular complexity index is 640. The zero-order chi connectivity index (χ0) is 15.2. The van der Waals surface area contributed by atoms with E-state index in [4.69, 9.17) is 5.26 Å². The molecule has 2 aromatic rings. The first-order valence-electron chi connectivity index (χ1n) is 6.99. The molecule has 2 aromatic carbocycles. The maximum Gasteiger partial charge on any atom is 0.0992 e. The van der Waals surface area contributed by atoms with Gasteiger partial charge in [0.1, 0.15) is 0 Å². The monoisotopic (exact) mass is 343 g/mol. The second-order valence-electron chi connectivity index (χ2n) is 4.68. The highest BCUT2D eigenvalue weighted by molar-refractivity contribution is 9.10. The van der Waals surface area contributed by atoms with E-state index >= 15 is 0 Å². The minimum absolute atomic E-state index is 0.631. The SMILES string of the molecule is CCN(CC)c1ccc(Nc2cc(Br)cc(C#N)c2)cc1. The first-order valence-corrected chi connectivity index (χ1v) is 7.78. The zero-order valence-electron chi connectivity index (χ0n) is 12.2. The summed E-state index contributed by atoms with van der Waals surface area (Å²) in [6, 6.07) is 16.1. The number of benzene rings is 2. The Morgan fingerprint density at radius 2 is 1.71 bits per heavy atom. The van der Waals surface area contributed by atoms with Crippen molar-refractivity contribution in [3.05, 3.63) is 52.5 Å². The number of rotatable bonds is 5. The number of nitriles is 1. The van der Waals surface area contributed by atoms with Crippen molar-refractivity contribution in [1.29, 1.82) is 5.26 Å². The van der Waals surface area contributed by atoms with Gasteiger partial charge in [-0.15, -0.1) is 0 Å². The van der Waals surface area contributed by atoms with Crippen LogP contribution < -0.4 is 10.2 Å². The first kappa shape index (κ1) is 15.4. The summed E-state index contributed by atoms with van der Waals surface area (Å²) >= 11 is 3.42. The molecule has 0 amide bonds. The normalized spacial score (nSPS) is 10.0. The summed E-state index contributed by atoms with van der Waals surface area (Å²) in [6.45, 7) is 6.31. The number of nitrogens with one attached hydrogen (secondary N) is 1. The number of hydrogen-bond acceptors (Lipinski definition) is 3. The van der Waals surface area contributed by atoms with Gasteiger partial charge in [0.05, 0.1) is 11.6 Å². The van der Waals surface area contributed by atoms with Crippen LogP contribution in [0.4, 0.5) is 17.1 Å². The van der Waals surface area contributed by atoms with Gasteiger partial charge in [-0.2, -0.15) is 5.26 Å². The van der Waals surface area contributed by atoms with Crippen LogP contribution in [0.5, 0.6) is 0 Å². The summed E-state index contributed by atoms with van der Waals surface area (Å²) in [7, 11) is 0. The Balaban J connectivity index is 2.17. The Morgan fingerprint density at radius 3 is 2.29 bits per heavy atom. The lowest BCUT2D eigenvalue weighted by atomic mass is 10.2. The summed E-state index contributed by atoms with van der Waals surface area (Å²) in [5, 5.41) is 12.3. The van der Waals surface area contributed by atoms with Gasteiger partial charge in [-0.05, 0) is 56.3 Å². The van der Waals surface area contributed by atoms with E-state index in [0.29, 0.717) is 5.56 Å². The van der Waals surface area contributed by atoms with Gasteiger partial charge in [-0.25, -0.2) is 0 Å². The second kappa shape index (κ2) is 7.14. The molecule has 0 saturated heterocycles. The minimum Gasteiger partial charge on any atom is -0.372 e. The molecule has 0 saturated carbocycles. The number of hydrogen-bond donors (Lipinski definition) is 1. The summed E-state index contributed by atoms with van der Waals surface area (Å²) in [5.74, 6) is 0. The molecule has 21 heavy (non-hydrogen) atoms. The maximum atomic E-state index is 9.00.